The molecule has 1 aromatic carbocycles. The van der Waals surface area contributed by atoms with Gasteiger partial charge >= 0.3 is 6.03 Å². The van der Waals surface area contributed by atoms with Gasteiger partial charge in [-0.2, -0.15) is 0 Å². The van der Waals surface area contributed by atoms with E-state index >= 15 is 0 Å². The number of carbonyl (C=O) groups excluding carboxylic acids is 1. The number of aromatic nitrogens is 3. The van der Waals surface area contributed by atoms with Crippen LogP contribution in [0.1, 0.15) is 36.6 Å². The third kappa shape index (κ3) is 4.62. The van der Waals surface area contributed by atoms with Crippen molar-refractivity contribution in [2.45, 2.75) is 44.5 Å². The van der Waals surface area contributed by atoms with Crippen molar-refractivity contribution in [3.8, 4) is 11.5 Å². The third-order valence-electron chi connectivity index (χ3n) is 5.42. The van der Waals surface area contributed by atoms with Crippen LogP contribution < -0.4 is 9.47 Å². The van der Waals surface area contributed by atoms with Gasteiger partial charge in [0.2, 0.25) is 5.16 Å². The van der Waals surface area contributed by atoms with Gasteiger partial charge in [-0.25, -0.2) is 14.3 Å². The summed E-state index contributed by atoms with van der Waals surface area (Å²) in [5, 5.41) is 0.197. The summed E-state index contributed by atoms with van der Waals surface area (Å²) in [5.41, 5.74) is 3.53. The Kier molecular flexibility index (Phi) is 7.50. The van der Waals surface area contributed by atoms with E-state index in [0.717, 1.165) is 29.7 Å². The highest BCUT2D eigenvalue weighted by molar-refractivity contribution is 7.84. The molecule has 9 heteroatoms. The van der Waals surface area contributed by atoms with Gasteiger partial charge in [0, 0.05) is 37.0 Å². The van der Waals surface area contributed by atoms with E-state index in [1.165, 1.54) is 4.57 Å². The Morgan fingerprint density at radius 1 is 1.22 bits per heavy atom. The van der Waals surface area contributed by atoms with Crippen LogP contribution in [-0.4, -0.2) is 57.5 Å². The second-order valence-corrected chi connectivity index (χ2v) is 9.02. The largest absolute Gasteiger partial charge is 0.497 e. The molecule has 2 heterocycles. The Morgan fingerprint density at radius 3 is 2.62 bits per heavy atom. The Morgan fingerprint density at radius 2 is 1.97 bits per heavy atom. The number of methoxy groups -OCH3 is 2. The van der Waals surface area contributed by atoms with Gasteiger partial charge in [-0.3, -0.25) is 9.19 Å². The molecule has 0 bridgehead atoms. The number of imidazole rings is 1. The summed E-state index contributed by atoms with van der Waals surface area (Å²) < 4.78 is 25.7. The second kappa shape index (κ2) is 10.1. The molecule has 0 aliphatic heterocycles. The summed E-state index contributed by atoms with van der Waals surface area (Å²) in [7, 11) is 3.31. The maximum absolute atomic E-state index is 13.5. The zero-order valence-electron chi connectivity index (χ0n) is 19.5. The van der Waals surface area contributed by atoms with Crippen molar-refractivity contribution < 1.29 is 18.5 Å². The second-order valence-electron chi connectivity index (χ2n) is 7.68. The molecule has 1 amide bonds. The third-order valence-corrected chi connectivity index (χ3v) is 6.63. The highest BCUT2D eigenvalue weighted by atomic mass is 32.2. The molecule has 8 nitrogen and oxygen atoms in total. The average molecular weight is 459 g/mol. The van der Waals surface area contributed by atoms with Crippen molar-refractivity contribution in [1.29, 1.82) is 0 Å². The standard InChI is InChI=1S/C23H30N4O4S/c1-7-8-11-26(4)23(28)27-20-10-9-17(30-5)12-18(20)25-22(27)32(29)14-19-16(3)21(31-6)15(2)13-24-19/h9-10,12-13H,7-8,11,14H2,1-6H3. The van der Waals surface area contributed by atoms with Gasteiger partial charge in [0.1, 0.15) is 11.5 Å². The average Bonchev–Trinajstić information content (AvgIpc) is 3.17. The summed E-state index contributed by atoms with van der Waals surface area (Å²) in [4.78, 5) is 24.0. The molecule has 0 N–H and O–H groups in total. The SMILES string of the molecule is CCCCN(C)C(=O)n1c(S(=O)Cc2ncc(C)c(OC)c2C)nc2cc(OC)ccc21. The van der Waals surface area contributed by atoms with E-state index in [-0.39, 0.29) is 16.9 Å². The number of carbonyl (C=O) groups is 1. The van der Waals surface area contributed by atoms with Crippen molar-refractivity contribution in [2.24, 2.45) is 0 Å². The monoisotopic (exact) mass is 458 g/mol. The van der Waals surface area contributed by atoms with E-state index in [1.54, 1.807) is 50.6 Å². The minimum atomic E-state index is -1.61. The molecule has 0 saturated carbocycles. The molecule has 0 radical (unpaired) electrons. The predicted molar refractivity (Wildman–Crippen MR) is 125 cm³/mol. The molecule has 3 rings (SSSR count). The lowest BCUT2D eigenvalue weighted by molar-refractivity contribution is 0.208. The molecule has 0 saturated heterocycles. The van der Waals surface area contributed by atoms with E-state index in [9.17, 15) is 9.00 Å². The lowest BCUT2D eigenvalue weighted by atomic mass is 10.1. The summed E-state index contributed by atoms with van der Waals surface area (Å²) in [6, 6.07) is 5.01. The zero-order chi connectivity index (χ0) is 23.4. The van der Waals surface area contributed by atoms with Gasteiger partial charge in [0.15, 0.2) is 0 Å². The smallest absolute Gasteiger partial charge is 0.330 e. The Balaban J connectivity index is 2.06. The fourth-order valence-electron chi connectivity index (χ4n) is 3.57. The molecular formula is C23H30N4O4S. The van der Waals surface area contributed by atoms with Crippen molar-refractivity contribution in [3.63, 3.8) is 0 Å². The van der Waals surface area contributed by atoms with Crippen molar-refractivity contribution in [2.75, 3.05) is 27.8 Å². The number of unbranched alkanes of at least 4 members (excludes halogenated alkanes) is 1. The Labute approximate surface area is 191 Å². The number of aryl methyl sites for hydroxylation is 1. The zero-order valence-corrected chi connectivity index (χ0v) is 20.3. The van der Waals surface area contributed by atoms with Gasteiger partial charge in [-0.1, -0.05) is 13.3 Å². The maximum Gasteiger partial charge on any atom is 0.330 e. The lowest BCUT2D eigenvalue weighted by Crippen LogP contribution is -2.33. The Bertz CT molecular complexity index is 1160. The van der Waals surface area contributed by atoms with E-state index in [0.29, 0.717) is 29.0 Å². The van der Waals surface area contributed by atoms with Gasteiger partial charge in [0.05, 0.1) is 47.5 Å². The fourth-order valence-corrected chi connectivity index (χ4v) is 4.82. The molecule has 172 valence electrons. The van der Waals surface area contributed by atoms with Crippen LogP contribution in [0.5, 0.6) is 11.5 Å². The van der Waals surface area contributed by atoms with Crippen LogP contribution in [0, 0.1) is 13.8 Å². The molecule has 1 atom stereocenters. The van der Waals surface area contributed by atoms with Gasteiger partial charge in [-0.15, -0.1) is 0 Å². The van der Waals surface area contributed by atoms with E-state index in [2.05, 4.69) is 16.9 Å². The Hall–Kier alpha value is -2.94. The van der Waals surface area contributed by atoms with Crippen LogP contribution in [0.3, 0.4) is 0 Å². The predicted octanol–water partition coefficient (Wildman–Crippen LogP) is 4.07. The van der Waals surface area contributed by atoms with Crippen LogP contribution in [0.4, 0.5) is 4.79 Å². The number of rotatable bonds is 8. The number of hydrogen-bond donors (Lipinski definition) is 0. The highest BCUT2D eigenvalue weighted by Gasteiger charge is 2.25. The minimum Gasteiger partial charge on any atom is -0.497 e. The topological polar surface area (TPSA) is 86.6 Å². The van der Waals surface area contributed by atoms with Crippen molar-refractivity contribution >= 4 is 27.9 Å². The number of hydrogen-bond acceptors (Lipinski definition) is 6. The molecule has 0 spiro atoms. The van der Waals surface area contributed by atoms with Crippen molar-refractivity contribution in [3.05, 3.63) is 41.2 Å². The summed E-state index contributed by atoms with van der Waals surface area (Å²) in [6.07, 6.45) is 3.56. The van der Waals surface area contributed by atoms with E-state index in [1.807, 2.05) is 13.8 Å². The number of nitrogens with zero attached hydrogens (tertiary/aromatic N) is 4. The van der Waals surface area contributed by atoms with Crippen LogP contribution in [0.2, 0.25) is 0 Å². The maximum atomic E-state index is 13.5. The highest BCUT2D eigenvalue weighted by Crippen LogP contribution is 2.28. The molecule has 3 aromatic rings. The summed E-state index contributed by atoms with van der Waals surface area (Å²) in [6.45, 7) is 6.48. The first-order valence-electron chi connectivity index (χ1n) is 10.5. The summed E-state index contributed by atoms with van der Waals surface area (Å²) in [5.74, 6) is 1.46. The number of benzene rings is 1. The van der Waals surface area contributed by atoms with Crippen LogP contribution in [0.15, 0.2) is 29.6 Å². The fraction of sp³-hybridized carbons (Fsp3) is 0.435. The number of ether oxygens (including phenoxy) is 2. The van der Waals surface area contributed by atoms with Crippen LogP contribution in [-0.2, 0) is 16.6 Å². The molecule has 0 aliphatic carbocycles. The molecule has 0 aliphatic rings. The van der Waals surface area contributed by atoms with Crippen LogP contribution in [0.25, 0.3) is 11.0 Å². The number of amides is 1. The molecule has 32 heavy (non-hydrogen) atoms. The minimum absolute atomic E-state index is 0.120. The molecule has 1 unspecified atom stereocenters. The van der Waals surface area contributed by atoms with E-state index in [4.69, 9.17) is 9.47 Å². The van der Waals surface area contributed by atoms with Gasteiger partial charge in [-0.05, 0) is 32.4 Å². The first kappa shape index (κ1) is 23.7. The van der Waals surface area contributed by atoms with Gasteiger partial charge in [0.25, 0.3) is 0 Å². The molecule has 2 aromatic heterocycles. The lowest BCUT2D eigenvalue weighted by Gasteiger charge is -2.19. The summed E-state index contributed by atoms with van der Waals surface area (Å²) >= 11 is 0. The van der Waals surface area contributed by atoms with Crippen molar-refractivity contribution in [1.82, 2.24) is 19.4 Å². The van der Waals surface area contributed by atoms with E-state index < -0.39 is 10.8 Å². The number of pyridine rings is 1. The first-order chi connectivity index (χ1) is 15.3. The normalized spacial score (nSPS) is 12.1. The quantitative estimate of drug-likeness (QED) is 0.506. The van der Waals surface area contributed by atoms with Gasteiger partial charge < -0.3 is 14.4 Å². The molecular weight excluding hydrogens is 428 g/mol. The first-order valence-corrected chi connectivity index (χ1v) is 11.8. The molecule has 0 fully saturated rings. The van der Waals surface area contributed by atoms with Crippen LogP contribution >= 0.6 is 0 Å². The number of fused-ring (bicyclic) bond motifs is 1.